The molecule has 7 nitrogen and oxygen atoms in total. The first-order valence-electron chi connectivity index (χ1n) is 14.1. The number of fused-ring (bicyclic) bond motifs is 6. The van der Waals surface area contributed by atoms with E-state index in [9.17, 15) is 9.90 Å². The van der Waals surface area contributed by atoms with E-state index in [1.54, 1.807) is 10.9 Å². The summed E-state index contributed by atoms with van der Waals surface area (Å²) in [5.74, 6) is 2.84. The van der Waals surface area contributed by atoms with E-state index in [-0.39, 0.29) is 23.3 Å². The highest BCUT2D eigenvalue weighted by Crippen LogP contribution is 2.68. The lowest BCUT2D eigenvalue weighted by Crippen LogP contribution is -2.58. The topological polar surface area (TPSA) is 90.1 Å². The largest absolute Gasteiger partial charge is 0.390 e. The highest BCUT2D eigenvalue weighted by atomic mass is 16.5. The Hall–Kier alpha value is -1.86. The molecule has 0 radical (unpaired) electrons. The highest BCUT2D eigenvalue weighted by molar-refractivity contribution is 5.83. The average molecular weight is 495 g/mol. The van der Waals surface area contributed by atoms with E-state index < -0.39 is 5.60 Å². The number of ketones is 1. The number of hydrogen-bond acceptors (Lipinski definition) is 6. The molecular formula is C29H42N4O3. The molecule has 7 heteroatoms. The molecule has 0 bridgehead atoms. The summed E-state index contributed by atoms with van der Waals surface area (Å²) in [5.41, 5.74) is 2.21. The van der Waals surface area contributed by atoms with Crippen LogP contribution in [0.4, 0.5) is 0 Å². The van der Waals surface area contributed by atoms with Crippen LogP contribution in [0.1, 0.15) is 77.2 Å². The second-order valence-corrected chi connectivity index (χ2v) is 13.3. The van der Waals surface area contributed by atoms with Crippen LogP contribution in [0, 0.1) is 47.3 Å². The van der Waals surface area contributed by atoms with Gasteiger partial charge in [0.25, 0.3) is 0 Å². The van der Waals surface area contributed by atoms with Gasteiger partial charge in [-0.15, -0.1) is 5.10 Å². The minimum Gasteiger partial charge on any atom is -0.390 e. The Labute approximate surface area is 214 Å². The fourth-order valence-corrected chi connectivity index (χ4v) is 9.64. The number of carbonyl (C=O) groups is 1. The molecule has 196 valence electrons. The van der Waals surface area contributed by atoms with E-state index in [2.05, 4.69) is 22.2 Å². The van der Waals surface area contributed by atoms with Crippen LogP contribution in [0.2, 0.25) is 0 Å². The van der Waals surface area contributed by atoms with Crippen molar-refractivity contribution in [2.75, 3.05) is 13.7 Å². The standard InChI is InChI=1S/C29H42N4O3/c1-18-13-24-26(30-15-18)31-32-33(24)16-25(34)23-8-7-21-20-6-5-19-14-27(2,35)11-12-29(19,17-36-4)22(20)9-10-28(21,23)3/h13,15,19-23,35H,5-12,14,16-17H2,1-4H3/t19-,20-,21-,22-,23+,27+,28-,29+/m0/s1. The number of aliphatic hydroxyl groups is 1. The molecule has 2 aromatic rings. The van der Waals surface area contributed by atoms with E-state index in [0.717, 1.165) is 56.2 Å². The summed E-state index contributed by atoms with van der Waals surface area (Å²) < 4.78 is 7.66. The van der Waals surface area contributed by atoms with E-state index in [4.69, 9.17) is 4.74 Å². The number of aromatic nitrogens is 4. The SMILES string of the molecule is COC[C@]12CC[C@@](C)(O)C[C@@H]1CC[C@H]1[C@@H]3CC[C@H](C(=O)Cn4nnc5ncc(C)cc54)[C@@]3(C)CC[C@@H]12. The molecule has 4 saturated carbocycles. The zero-order valence-electron chi connectivity index (χ0n) is 22.4. The lowest BCUT2D eigenvalue weighted by Gasteiger charge is -2.62. The molecular weight excluding hydrogens is 452 g/mol. The normalized spacial score (nSPS) is 42.1. The van der Waals surface area contributed by atoms with Crippen molar-refractivity contribution in [2.24, 2.45) is 40.4 Å². The summed E-state index contributed by atoms with van der Waals surface area (Å²) in [6.07, 6.45) is 11.5. The molecule has 2 heterocycles. The van der Waals surface area contributed by atoms with Gasteiger partial charge < -0.3 is 9.84 Å². The summed E-state index contributed by atoms with van der Waals surface area (Å²) >= 11 is 0. The molecule has 4 fully saturated rings. The Morgan fingerprint density at radius 2 is 1.97 bits per heavy atom. The first kappa shape index (κ1) is 24.5. The van der Waals surface area contributed by atoms with Crippen molar-refractivity contribution in [3.63, 3.8) is 0 Å². The third-order valence-electron chi connectivity index (χ3n) is 11.3. The molecule has 4 aliphatic carbocycles. The summed E-state index contributed by atoms with van der Waals surface area (Å²) in [7, 11) is 1.85. The Bertz CT molecular complexity index is 1160. The van der Waals surface area contributed by atoms with Crippen molar-refractivity contribution in [3.05, 3.63) is 17.8 Å². The second-order valence-electron chi connectivity index (χ2n) is 13.3. The average Bonchev–Trinajstić information content (AvgIpc) is 3.39. The quantitative estimate of drug-likeness (QED) is 0.646. The zero-order valence-corrected chi connectivity index (χ0v) is 22.4. The van der Waals surface area contributed by atoms with Gasteiger partial charge in [0.05, 0.1) is 12.2 Å². The minimum atomic E-state index is -0.539. The van der Waals surface area contributed by atoms with E-state index >= 15 is 0 Å². The van der Waals surface area contributed by atoms with Crippen LogP contribution in [-0.2, 0) is 16.1 Å². The van der Waals surface area contributed by atoms with Crippen molar-refractivity contribution in [1.29, 1.82) is 0 Å². The highest BCUT2D eigenvalue weighted by Gasteiger charge is 2.63. The van der Waals surface area contributed by atoms with Crippen molar-refractivity contribution in [1.82, 2.24) is 20.0 Å². The predicted octanol–water partition coefficient (Wildman–Crippen LogP) is 4.74. The van der Waals surface area contributed by atoms with Crippen LogP contribution < -0.4 is 0 Å². The number of nitrogens with zero attached hydrogens (tertiary/aromatic N) is 4. The molecule has 0 amide bonds. The van der Waals surface area contributed by atoms with Gasteiger partial charge in [-0.25, -0.2) is 9.67 Å². The van der Waals surface area contributed by atoms with Gasteiger partial charge in [0.1, 0.15) is 12.1 Å². The Kier molecular flexibility index (Phi) is 5.84. The molecule has 1 N–H and O–H groups in total. The van der Waals surface area contributed by atoms with Gasteiger partial charge >= 0.3 is 0 Å². The van der Waals surface area contributed by atoms with Gasteiger partial charge in [0.15, 0.2) is 5.78 Å². The molecule has 0 aromatic carbocycles. The Balaban J connectivity index is 1.24. The van der Waals surface area contributed by atoms with E-state index in [0.29, 0.717) is 35.1 Å². The van der Waals surface area contributed by atoms with Crippen LogP contribution in [0.15, 0.2) is 12.3 Å². The summed E-state index contributed by atoms with van der Waals surface area (Å²) in [4.78, 5) is 18.1. The molecule has 36 heavy (non-hydrogen) atoms. The van der Waals surface area contributed by atoms with Gasteiger partial charge in [-0.05, 0) is 118 Å². The molecule has 0 saturated heterocycles. The maximum absolute atomic E-state index is 13.8. The monoisotopic (exact) mass is 494 g/mol. The molecule has 6 rings (SSSR count). The molecule has 0 unspecified atom stereocenters. The third kappa shape index (κ3) is 3.67. The number of carbonyl (C=O) groups excluding carboxylic acids is 1. The van der Waals surface area contributed by atoms with Crippen molar-refractivity contribution < 1.29 is 14.6 Å². The number of methoxy groups -OCH3 is 1. The molecule has 0 spiro atoms. The molecule has 8 atom stereocenters. The summed E-state index contributed by atoms with van der Waals surface area (Å²) in [5, 5.41) is 19.3. The predicted molar refractivity (Wildman–Crippen MR) is 137 cm³/mol. The maximum Gasteiger partial charge on any atom is 0.201 e. The number of rotatable bonds is 5. The molecule has 4 aliphatic rings. The number of ether oxygens (including phenoxy) is 1. The third-order valence-corrected chi connectivity index (χ3v) is 11.3. The minimum absolute atomic E-state index is 0.0596. The van der Waals surface area contributed by atoms with Crippen LogP contribution in [0.5, 0.6) is 0 Å². The van der Waals surface area contributed by atoms with E-state index in [1.165, 1.54) is 19.3 Å². The van der Waals surface area contributed by atoms with Gasteiger partial charge in [-0.1, -0.05) is 12.1 Å². The van der Waals surface area contributed by atoms with Crippen molar-refractivity contribution in [3.8, 4) is 0 Å². The van der Waals surface area contributed by atoms with Crippen LogP contribution >= 0.6 is 0 Å². The van der Waals surface area contributed by atoms with Crippen molar-refractivity contribution in [2.45, 2.75) is 90.7 Å². The van der Waals surface area contributed by atoms with Crippen LogP contribution in [0.3, 0.4) is 0 Å². The van der Waals surface area contributed by atoms with E-state index in [1.807, 2.05) is 27.0 Å². The lowest BCUT2D eigenvalue weighted by molar-refractivity contribution is -0.175. The van der Waals surface area contributed by atoms with Crippen LogP contribution in [0.25, 0.3) is 11.2 Å². The number of aryl methyl sites for hydroxylation is 1. The first-order valence-corrected chi connectivity index (χ1v) is 14.1. The van der Waals surface area contributed by atoms with Gasteiger partial charge in [0.2, 0.25) is 5.65 Å². The van der Waals surface area contributed by atoms with Gasteiger partial charge in [0, 0.05) is 19.2 Å². The number of Topliss-reactive ketones (excluding diaryl/α,β-unsaturated/α-hetero) is 1. The van der Waals surface area contributed by atoms with Gasteiger partial charge in [-0.3, -0.25) is 4.79 Å². The zero-order chi connectivity index (χ0) is 25.3. The van der Waals surface area contributed by atoms with Crippen LogP contribution in [-0.4, -0.2) is 50.2 Å². The van der Waals surface area contributed by atoms with Gasteiger partial charge in [-0.2, -0.15) is 0 Å². The summed E-state index contributed by atoms with van der Waals surface area (Å²) in [6.45, 7) is 7.54. The number of hydrogen-bond donors (Lipinski definition) is 1. The number of pyridine rings is 1. The smallest absolute Gasteiger partial charge is 0.201 e. The first-order chi connectivity index (χ1) is 17.2. The maximum atomic E-state index is 13.8. The lowest BCUT2D eigenvalue weighted by atomic mass is 9.43. The summed E-state index contributed by atoms with van der Waals surface area (Å²) in [6, 6.07) is 2.02. The molecule has 2 aromatic heterocycles. The Morgan fingerprint density at radius 1 is 1.14 bits per heavy atom. The second kappa shape index (κ2) is 8.59. The Morgan fingerprint density at radius 3 is 2.78 bits per heavy atom. The fourth-order valence-electron chi connectivity index (χ4n) is 9.64. The molecule has 0 aliphatic heterocycles. The van der Waals surface area contributed by atoms with Crippen molar-refractivity contribution >= 4 is 16.9 Å². The fraction of sp³-hybridized carbons (Fsp3) is 0.793.